The molecule has 4 aliphatic carbocycles. The van der Waals surface area contributed by atoms with E-state index in [2.05, 4.69) is 46.7 Å². The number of nitrogens with two attached hydrogens (primary N) is 1. The first kappa shape index (κ1) is 39.8. The number of carboxylic acid groups (broad SMARTS) is 1. The molecule has 6 N–H and O–H groups in total. The maximum absolute atomic E-state index is 12.9. The molecule has 2 unspecified atom stereocenters. The van der Waals surface area contributed by atoms with Gasteiger partial charge in [0.05, 0.1) is 29.5 Å². The molecule has 1 saturated heterocycles. The van der Waals surface area contributed by atoms with E-state index in [4.69, 9.17) is 30.2 Å². The summed E-state index contributed by atoms with van der Waals surface area (Å²) in [4.78, 5) is 32.4. The zero-order valence-corrected chi connectivity index (χ0v) is 36.0. The summed E-state index contributed by atoms with van der Waals surface area (Å²) in [5.74, 6) is 1.88. The average molecular weight is 822 g/mol. The van der Waals surface area contributed by atoms with Gasteiger partial charge in [-0.25, -0.2) is 14.8 Å². The molecule has 7 aliphatic rings. The van der Waals surface area contributed by atoms with Gasteiger partial charge in [0.1, 0.15) is 23.2 Å². The van der Waals surface area contributed by atoms with E-state index in [-0.39, 0.29) is 27.5 Å². The minimum absolute atomic E-state index is 0.0375. The molecule has 59 heavy (non-hydrogen) atoms. The Labute approximate surface area is 351 Å². The van der Waals surface area contributed by atoms with Crippen molar-refractivity contribution >= 4 is 49.8 Å². The highest BCUT2D eigenvalue weighted by atomic mass is 32.1. The molecule has 3 aliphatic heterocycles. The van der Waals surface area contributed by atoms with E-state index in [1.54, 1.807) is 18.4 Å². The molecule has 2 atom stereocenters. The van der Waals surface area contributed by atoms with Gasteiger partial charge >= 0.3 is 5.97 Å². The number of fused-ring (bicyclic) bond motifs is 1. The minimum atomic E-state index is -1.11. The number of aliphatic imine (C=N–C) groups is 1. The summed E-state index contributed by atoms with van der Waals surface area (Å²) in [6, 6.07) is 9.61. The second-order valence-electron chi connectivity index (χ2n) is 18.9. The van der Waals surface area contributed by atoms with Crippen molar-refractivity contribution in [3.63, 3.8) is 0 Å². The highest BCUT2D eigenvalue weighted by Gasteiger charge is 2.66. The van der Waals surface area contributed by atoms with Crippen molar-refractivity contribution in [2.75, 3.05) is 56.7 Å². The van der Waals surface area contributed by atoms with Gasteiger partial charge in [-0.05, 0) is 137 Å². The number of pyridine rings is 1. The van der Waals surface area contributed by atoms with Gasteiger partial charge in [0, 0.05) is 54.3 Å². The number of nitrogens with one attached hydrogen (secondary N) is 3. The van der Waals surface area contributed by atoms with Crippen molar-refractivity contribution in [1.82, 2.24) is 25.7 Å². The number of likely N-dealkylation sites (tertiary alicyclic amines) is 1. The first-order chi connectivity index (χ1) is 28.3. The van der Waals surface area contributed by atoms with E-state index in [9.17, 15) is 9.90 Å². The van der Waals surface area contributed by atoms with Crippen LogP contribution in [0.5, 0.6) is 5.75 Å². The number of anilines is 2. The molecular weight excluding hydrogens is 763 g/mol. The smallest absolute Gasteiger partial charge is 0.355 e. The van der Waals surface area contributed by atoms with Crippen LogP contribution in [0.3, 0.4) is 0 Å². The fourth-order valence-corrected chi connectivity index (χ4v) is 13.4. The number of hydrogen-bond donors (Lipinski definition) is 5. The van der Waals surface area contributed by atoms with Gasteiger partial charge in [0.25, 0.3) is 0 Å². The summed E-state index contributed by atoms with van der Waals surface area (Å²) >= 11 is 1.57. The number of ether oxygens (including phenoxy) is 2. The Morgan fingerprint density at radius 2 is 1.81 bits per heavy atom. The van der Waals surface area contributed by atoms with Crippen LogP contribution in [0.25, 0.3) is 15.8 Å². The molecule has 10 rings (SSSR count). The highest BCUT2D eigenvalue weighted by molar-refractivity contribution is 7.22. The number of carboxylic acids is 1. The van der Waals surface area contributed by atoms with Crippen LogP contribution < -0.4 is 31.5 Å². The van der Waals surface area contributed by atoms with Crippen molar-refractivity contribution < 1.29 is 19.4 Å². The topological polar surface area (TPSA) is 162 Å². The van der Waals surface area contributed by atoms with Crippen molar-refractivity contribution in [1.29, 1.82) is 0 Å². The van der Waals surface area contributed by atoms with Gasteiger partial charge in [-0.1, -0.05) is 25.2 Å². The fraction of sp³-hybridized carbons (Fsp3) is 0.556. The molecule has 314 valence electrons. The van der Waals surface area contributed by atoms with Gasteiger partial charge in [-0.15, -0.1) is 0 Å². The molecule has 1 aromatic carbocycles. The first-order valence-corrected chi connectivity index (χ1v) is 22.1. The standard InChI is InChI=1S/C45H59N9O4S/c1-28-31-9-8-16-54(39(31)52-51-38(28)50-41-48-34-19-30(57-5)10-12-35(34)59-41)36-13-11-32(37(49-36)40(55)56)33(20-46)29(2)47-27-44-22-42(3)21-43(4,23-44)25-45(24-42,26-44)58-18-17-53-14-6-7-15-53/h10-13,19-20,51-52H,6-9,14-18,21-27,46H2,1-5H3,(H,48,50)(H,55,56)/b33-20+,47-29?. The molecular formula is C45H59N9O4S. The van der Waals surface area contributed by atoms with Crippen LogP contribution >= 0.6 is 11.3 Å². The summed E-state index contributed by atoms with van der Waals surface area (Å²) in [7, 11) is 1.65. The van der Waals surface area contributed by atoms with Crippen LogP contribution in [0.1, 0.15) is 108 Å². The lowest BCUT2D eigenvalue weighted by atomic mass is 9.39. The van der Waals surface area contributed by atoms with Crippen LogP contribution in [-0.2, 0) is 4.74 Å². The summed E-state index contributed by atoms with van der Waals surface area (Å²) in [5, 5.41) is 14.8. The van der Waals surface area contributed by atoms with E-state index in [0.717, 1.165) is 108 Å². The quantitative estimate of drug-likeness (QED) is 0.107. The number of methoxy groups -OCH3 is 1. The zero-order chi connectivity index (χ0) is 41.2. The summed E-state index contributed by atoms with van der Waals surface area (Å²) in [5.41, 5.74) is 18.2. The Hall–Kier alpha value is -4.66. The number of carbonyl (C=O) groups is 1. The Kier molecular flexibility index (Phi) is 10.2. The first-order valence-electron chi connectivity index (χ1n) is 21.3. The average Bonchev–Trinajstić information content (AvgIpc) is 3.86. The molecule has 5 heterocycles. The van der Waals surface area contributed by atoms with Gasteiger partial charge in [0.15, 0.2) is 10.8 Å². The SMILES string of the molecule is COc1ccc2sc(NC3=C(C)C4=C(NN3)N(c3ccc(/C(=C/N)C(C)=NCC56CC7(C)CC(C)(C5)CC(OCCN5CCCC5)(C7)C6)c(C(=O)O)n3)CCC4)nc2c1. The second-order valence-corrected chi connectivity index (χ2v) is 20.0. The normalized spacial score (nSPS) is 29.5. The van der Waals surface area contributed by atoms with E-state index < -0.39 is 5.97 Å². The van der Waals surface area contributed by atoms with E-state index >= 15 is 0 Å². The highest BCUT2D eigenvalue weighted by Crippen LogP contribution is 2.71. The Morgan fingerprint density at radius 1 is 1.03 bits per heavy atom. The van der Waals surface area contributed by atoms with Crippen molar-refractivity contribution in [2.24, 2.45) is 27.0 Å². The van der Waals surface area contributed by atoms with Crippen molar-refractivity contribution in [3.8, 4) is 5.75 Å². The number of aromatic nitrogens is 2. The Morgan fingerprint density at radius 3 is 2.54 bits per heavy atom. The maximum Gasteiger partial charge on any atom is 0.355 e. The molecule has 13 nitrogen and oxygen atoms in total. The number of thiazole rings is 1. The van der Waals surface area contributed by atoms with Gasteiger partial charge in [-0.2, -0.15) is 0 Å². The molecule has 2 aromatic heterocycles. The number of hydrazine groups is 1. The van der Waals surface area contributed by atoms with Crippen LogP contribution in [0.15, 0.2) is 64.3 Å². The van der Waals surface area contributed by atoms with Crippen LogP contribution in [0.2, 0.25) is 0 Å². The maximum atomic E-state index is 12.9. The third-order valence-corrected chi connectivity index (χ3v) is 14.8. The summed E-state index contributed by atoms with van der Waals surface area (Å²) < 4.78 is 13.4. The fourth-order valence-electron chi connectivity index (χ4n) is 12.5. The third kappa shape index (κ3) is 7.56. The molecule has 4 saturated carbocycles. The Balaban J connectivity index is 0.939. The minimum Gasteiger partial charge on any atom is -0.497 e. The molecule has 0 spiro atoms. The number of hydrogen-bond acceptors (Lipinski definition) is 13. The molecule has 14 heteroatoms. The van der Waals surface area contributed by atoms with E-state index in [0.29, 0.717) is 30.0 Å². The zero-order valence-electron chi connectivity index (χ0n) is 35.2. The molecule has 0 amide bonds. The van der Waals surface area contributed by atoms with Crippen LogP contribution in [0.4, 0.5) is 10.9 Å². The van der Waals surface area contributed by atoms with E-state index in [1.807, 2.05) is 37.3 Å². The van der Waals surface area contributed by atoms with Gasteiger partial charge < -0.3 is 35.4 Å². The number of benzene rings is 1. The van der Waals surface area contributed by atoms with Gasteiger partial charge in [0.2, 0.25) is 0 Å². The lowest BCUT2D eigenvalue weighted by Gasteiger charge is -2.69. The Bertz CT molecular complexity index is 2270. The predicted octanol–water partition coefficient (Wildman–Crippen LogP) is 7.65. The molecule has 3 aromatic rings. The van der Waals surface area contributed by atoms with Crippen LogP contribution in [0, 0.1) is 16.2 Å². The molecule has 4 bridgehead atoms. The largest absolute Gasteiger partial charge is 0.497 e. The summed E-state index contributed by atoms with van der Waals surface area (Å²) in [6.45, 7) is 14.5. The van der Waals surface area contributed by atoms with Crippen molar-refractivity contribution in [3.05, 3.63) is 70.6 Å². The summed E-state index contributed by atoms with van der Waals surface area (Å²) in [6.07, 6.45) is 12.6. The predicted molar refractivity (Wildman–Crippen MR) is 234 cm³/mol. The van der Waals surface area contributed by atoms with Crippen LogP contribution in [-0.4, -0.2) is 83.7 Å². The molecule has 5 fully saturated rings. The van der Waals surface area contributed by atoms with Crippen molar-refractivity contribution in [2.45, 2.75) is 97.5 Å². The lowest BCUT2D eigenvalue weighted by molar-refractivity contribution is -0.242. The lowest BCUT2D eigenvalue weighted by Crippen LogP contribution is -2.64. The number of nitrogens with zero attached hydrogens (tertiary/aromatic N) is 5. The second kappa shape index (κ2) is 15.1. The number of aromatic carboxylic acids is 1. The molecule has 0 radical (unpaired) electrons. The number of allylic oxidation sites excluding steroid dienone is 3. The third-order valence-electron chi connectivity index (χ3n) is 13.8. The van der Waals surface area contributed by atoms with Gasteiger partial charge in [-0.3, -0.25) is 15.8 Å². The number of rotatable bonds is 13. The monoisotopic (exact) mass is 821 g/mol. The van der Waals surface area contributed by atoms with E-state index in [1.165, 1.54) is 38.6 Å².